The second-order valence-electron chi connectivity index (χ2n) is 15.0. The minimum absolute atomic E-state index is 0.360. The van der Waals surface area contributed by atoms with Crippen LogP contribution in [0.2, 0.25) is 0 Å². The first-order valence-electron chi connectivity index (χ1n) is 21.9. The standard InChI is InChI=1S/C45H85NO5/c1-3-5-7-9-11-13-15-17-18-19-20-21-22-23-24-25-27-28-30-32-34-36-38-42(48)44(50)41(40-47)46-45(51)43(49)39-37-35-33-31-29-26-16-14-12-10-8-6-4-2/h20-21,24-25,30,32,41-44,47-50H,3-19,22-23,26-29,31,33-40H2,1-2H3,(H,46,51)/b21-20+,25-24+,32-30+. The Morgan fingerprint density at radius 2 is 0.824 bits per heavy atom. The molecule has 0 bridgehead atoms. The van der Waals surface area contributed by atoms with Gasteiger partial charge >= 0.3 is 0 Å². The number of aliphatic hydroxyl groups is 4. The molecule has 51 heavy (non-hydrogen) atoms. The van der Waals surface area contributed by atoms with E-state index < -0.39 is 36.9 Å². The maximum absolute atomic E-state index is 12.5. The molecule has 0 aliphatic carbocycles. The summed E-state index contributed by atoms with van der Waals surface area (Å²) in [5.74, 6) is -0.600. The second kappa shape index (κ2) is 39.7. The third-order valence-corrected chi connectivity index (χ3v) is 10.1. The van der Waals surface area contributed by atoms with Crippen LogP contribution in [-0.2, 0) is 4.79 Å². The molecule has 0 aromatic carbocycles. The normalized spacial score (nSPS) is 14.5. The van der Waals surface area contributed by atoms with Gasteiger partial charge in [0, 0.05) is 0 Å². The minimum atomic E-state index is -1.29. The Kier molecular flexibility index (Phi) is 38.6. The van der Waals surface area contributed by atoms with Crippen molar-refractivity contribution in [2.24, 2.45) is 0 Å². The van der Waals surface area contributed by atoms with Crippen molar-refractivity contribution in [3.63, 3.8) is 0 Å². The molecule has 0 radical (unpaired) electrons. The monoisotopic (exact) mass is 720 g/mol. The lowest BCUT2D eigenvalue weighted by Crippen LogP contribution is -2.53. The van der Waals surface area contributed by atoms with Gasteiger partial charge in [0.25, 0.3) is 0 Å². The average molecular weight is 720 g/mol. The summed E-state index contributed by atoms with van der Waals surface area (Å²) in [4.78, 5) is 12.5. The highest BCUT2D eigenvalue weighted by molar-refractivity contribution is 5.80. The zero-order valence-corrected chi connectivity index (χ0v) is 33.6. The van der Waals surface area contributed by atoms with Gasteiger partial charge in [0.1, 0.15) is 12.2 Å². The number of carbonyl (C=O) groups is 1. The Bertz CT molecular complexity index is 812. The number of allylic oxidation sites excluding steroid dienone is 6. The number of hydrogen-bond acceptors (Lipinski definition) is 5. The van der Waals surface area contributed by atoms with E-state index in [2.05, 4.69) is 55.6 Å². The predicted molar refractivity (Wildman–Crippen MR) is 219 cm³/mol. The molecule has 0 heterocycles. The van der Waals surface area contributed by atoms with Crippen LogP contribution in [-0.4, -0.2) is 57.3 Å². The molecule has 0 aliphatic rings. The van der Waals surface area contributed by atoms with Gasteiger partial charge < -0.3 is 25.7 Å². The summed E-state index contributed by atoms with van der Waals surface area (Å²) in [6.07, 6.45) is 46.0. The van der Waals surface area contributed by atoms with Crippen LogP contribution < -0.4 is 5.32 Å². The van der Waals surface area contributed by atoms with Gasteiger partial charge in [-0.05, 0) is 64.2 Å². The first-order valence-corrected chi connectivity index (χ1v) is 21.9. The van der Waals surface area contributed by atoms with E-state index in [0.717, 1.165) is 51.4 Å². The number of nitrogens with one attached hydrogen (secondary N) is 1. The van der Waals surface area contributed by atoms with Crippen LogP contribution in [0, 0.1) is 0 Å². The predicted octanol–water partition coefficient (Wildman–Crippen LogP) is 11.3. The molecule has 0 aliphatic heterocycles. The van der Waals surface area contributed by atoms with Crippen molar-refractivity contribution in [3.8, 4) is 0 Å². The average Bonchev–Trinajstić information content (AvgIpc) is 3.13. The maximum Gasteiger partial charge on any atom is 0.249 e. The van der Waals surface area contributed by atoms with Crippen molar-refractivity contribution in [1.29, 1.82) is 0 Å². The molecule has 6 nitrogen and oxygen atoms in total. The molecule has 1 amide bonds. The van der Waals surface area contributed by atoms with Crippen LogP contribution in [0.1, 0.15) is 213 Å². The minimum Gasteiger partial charge on any atom is -0.394 e. The summed E-state index contributed by atoms with van der Waals surface area (Å²) < 4.78 is 0. The number of amides is 1. The van der Waals surface area contributed by atoms with E-state index in [-0.39, 0.29) is 0 Å². The topological polar surface area (TPSA) is 110 Å². The van der Waals surface area contributed by atoms with E-state index in [9.17, 15) is 25.2 Å². The highest BCUT2D eigenvalue weighted by Gasteiger charge is 2.28. The van der Waals surface area contributed by atoms with Crippen LogP contribution in [0.15, 0.2) is 36.5 Å². The lowest BCUT2D eigenvalue weighted by Gasteiger charge is -2.27. The van der Waals surface area contributed by atoms with Gasteiger partial charge in [0.2, 0.25) is 5.91 Å². The Hall–Kier alpha value is -1.47. The van der Waals surface area contributed by atoms with Crippen molar-refractivity contribution in [3.05, 3.63) is 36.5 Å². The molecule has 0 saturated heterocycles. The van der Waals surface area contributed by atoms with Crippen LogP contribution >= 0.6 is 0 Å². The number of unbranched alkanes of at least 4 members (excludes halogenated alkanes) is 24. The van der Waals surface area contributed by atoms with Gasteiger partial charge in [-0.2, -0.15) is 0 Å². The maximum atomic E-state index is 12.5. The molecule has 0 rings (SSSR count). The van der Waals surface area contributed by atoms with Crippen molar-refractivity contribution in [1.82, 2.24) is 5.32 Å². The Morgan fingerprint density at radius 3 is 1.24 bits per heavy atom. The van der Waals surface area contributed by atoms with Crippen molar-refractivity contribution in [2.75, 3.05) is 6.61 Å². The summed E-state index contributed by atoms with van der Waals surface area (Å²) in [6.45, 7) is 4.02. The molecule has 0 aromatic heterocycles. The quantitative estimate of drug-likeness (QED) is 0.0321. The third kappa shape index (κ3) is 34.1. The van der Waals surface area contributed by atoms with Gasteiger partial charge in [-0.25, -0.2) is 0 Å². The molecule has 6 heteroatoms. The molecule has 5 N–H and O–H groups in total. The summed E-state index contributed by atoms with van der Waals surface area (Å²) in [7, 11) is 0. The molecule has 0 fully saturated rings. The van der Waals surface area contributed by atoms with Gasteiger partial charge in [0.05, 0.1) is 18.8 Å². The zero-order valence-electron chi connectivity index (χ0n) is 33.6. The molecule has 4 unspecified atom stereocenters. The summed E-state index contributed by atoms with van der Waals surface area (Å²) in [5.41, 5.74) is 0. The zero-order chi connectivity index (χ0) is 37.5. The fourth-order valence-corrected chi connectivity index (χ4v) is 6.55. The first-order chi connectivity index (χ1) is 25.0. The van der Waals surface area contributed by atoms with Crippen molar-refractivity contribution in [2.45, 2.75) is 237 Å². The SMILES string of the molecule is CCCCCCCCCCC/C=C/CC/C=C/CC/C=C/CCCC(O)C(O)C(CO)NC(=O)C(O)CCCCCCCCCCCCCCC. The van der Waals surface area contributed by atoms with E-state index >= 15 is 0 Å². The van der Waals surface area contributed by atoms with E-state index in [1.807, 2.05) is 0 Å². The largest absolute Gasteiger partial charge is 0.394 e. The van der Waals surface area contributed by atoms with Gasteiger partial charge in [-0.15, -0.1) is 0 Å². The van der Waals surface area contributed by atoms with Gasteiger partial charge in [-0.1, -0.05) is 185 Å². The second-order valence-corrected chi connectivity index (χ2v) is 15.0. The third-order valence-electron chi connectivity index (χ3n) is 10.1. The van der Waals surface area contributed by atoms with Gasteiger partial charge in [0.15, 0.2) is 0 Å². The van der Waals surface area contributed by atoms with Gasteiger partial charge in [-0.3, -0.25) is 4.79 Å². The molecule has 4 atom stereocenters. The van der Waals surface area contributed by atoms with Crippen molar-refractivity contribution < 1.29 is 25.2 Å². The Balaban J connectivity index is 3.82. The van der Waals surface area contributed by atoms with E-state index in [1.165, 1.54) is 128 Å². The highest BCUT2D eigenvalue weighted by Crippen LogP contribution is 2.15. The highest BCUT2D eigenvalue weighted by atomic mass is 16.3. The van der Waals surface area contributed by atoms with Crippen molar-refractivity contribution >= 4 is 5.91 Å². The molecule has 0 spiro atoms. The summed E-state index contributed by atoms with van der Waals surface area (Å²) >= 11 is 0. The number of carbonyl (C=O) groups excluding carboxylic acids is 1. The van der Waals surface area contributed by atoms with Crippen LogP contribution in [0.5, 0.6) is 0 Å². The molecule has 300 valence electrons. The van der Waals surface area contributed by atoms with Crippen LogP contribution in [0.4, 0.5) is 0 Å². The summed E-state index contributed by atoms with van der Waals surface area (Å²) in [5, 5.41) is 43.6. The first kappa shape index (κ1) is 49.5. The van der Waals surface area contributed by atoms with E-state index in [4.69, 9.17) is 0 Å². The molecule has 0 saturated carbocycles. The lowest BCUT2D eigenvalue weighted by molar-refractivity contribution is -0.132. The number of aliphatic hydroxyl groups excluding tert-OH is 4. The lowest BCUT2D eigenvalue weighted by atomic mass is 10.00. The Morgan fingerprint density at radius 1 is 0.471 bits per heavy atom. The fourth-order valence-electron chi connectivity index (χ4n) is 6.55. The van der Waals surface area contributed by atoms with Crippen LogP contribution in [0.25, 0.3) is 0 Å². The van der Waals surface area contributed by atoms with E-state index in [0.29, 0.717) is 19.3 Å². The van der Waals surface area contributed by atoms with Crippen LogP contribution in [0.3, 0.4) is 0 Å². The molecular formula is C45H85NO5. The fraction of sp³-hybridized carbons (Fsp3) is 0.844. The molecule has 0 aromatic rings. The Labute approximate surface area is 316 Å². The smallest absolute Gasteiger partial charge is 0.249 e. The number of hydrogen-bond donors (Lipinski definition) is 5. The van der Waals surface area contributed by atoms with E-state index in [1.54, 1.807) is 0 Å². The number of rotatable bonds is 39. The molecular weight excluding hydrogens is 634 g/mol. The summed E-state index contributed by atoms with van der Waals surface area (Å²) in [6, 6.07) is -1.01.